The summed E-state index contributed by atoms with van der Waals surface area (Å²) in [6.07, 6.45) is 0.382. The Labute approximate surface area is 127 Å². The van der Waals surface area contributed by atoms with Gasteiger partial charge in [0.05, 0.1) is 0 Å². The van der Waals surface area contributed by atoms with Crippen molar-refractivity contribution in [3.63, 3.8) is 0 Å². The fraction of sp³-hybridized carbons (Fsp3) is 0.333. The first-order valence-electron chi connectivity index (χ1n) is 6.68. The van der Waals surface area contributed by atoms with Crippen LogP contribution in [0.25, 0.3) is 10.9 Å². The normalized spacial score (nSPS) is 12.6. The van der Waals surface area contributed by atoms with Crippen LogP contribution in [-0.2, 0) is 4.79 Å². The quantitative estimate of drug-likeness (QED) is 0.794. The number of carboxylic acids is 1. The maximum absolute atomic E-state index is 12.2. The minimum Gasteiger partial charge on any atom is -0.480 e. The van der Waals surface area contributed by atoms with Gasteiger partial charge < -0.3 is 15.4 Å². The molecule has 1 amide bonds. The van der Waals surface area contributed by atoms with E-state index in [4.69, 9.17) is 16.7 Å². The largest absolute Gasteiger partial charge is 0.480 e. The van der Waals surface area contributed by atoms with Crippen molar-refractivity contribution in [1.82, 2.24) is 10.3 Å². The second-order valence-corrected chi connectivity index (χ2v) is 5.84. The van der Waals surface area contributed by atoms with Gasteiger partial charge in [0, 0.05) is 15.9 Å². The second kappa shape index (κ2) is 6.18. The smallest absolute Gasteiger partial charge is 0.326 e. The molecule has 0 aliphatic carbocycles. The van der Waals surface area contributed by atoms with Gasteiger partial charge in [-0.2, -0.15) is 0 Å². The van der Waals surface area contributed by atoms with Crippen LogP contribution in [0.4, 0.5) is 0 Å². The third kappa shape index (κ3) is 3.76. The topological polar surface area (TPSA) is 82.2 Å². The third-order valence-electron chi connectivity index (χ3n) is 3.14. The summed E-state index contributed by atoms with van der Waals surface area (Å²) in [4.78, 5) is 26.3. The number of amides is 1. The van der Waals surface area contributed by atoms with E-state index in [-0.39, 0.29) is 5.92 Å². The van der Waals surface area contributed by atoms with E-state index in [9.17, 15) is 9.59 Å². The molecule has 0 spiro atoms. The summed E-state index contributed by atoms with van der Waals surface area (Å²) in [5, 5.41) is 13.1. The van der Waals surface area contributed by atoms with Gasteiger partial charge >= 0.3 is 5.97 Å². The van der Waals surface area contributed by atoms with Crippen molar-refractivity contribution in [1.29, 1.82) is 0 Å². The Kier molecular flexibility index (Phi) is 4.53. The Bertz CT molecular complexity index is 679. The summed E-state index contributed by atoms with van der Waals surface area (Å²) < 4.78 is 0. The lowest BCUT2D eigenvalue weighted by Gasteiger charge is -2.15. The summed E-state index contributed by atoms with van der Waals surface area (Å²) in [6.45, 7) is 3.82. The molecule has 0 saturated carbocycles. The molecule has 0 radical (unpaired) electrons. The van der Waals surface area contributed by atoms with Gasteiger partial charge in [-0.05, 0) is 30.5 Å². The van der Waals surface area contributed by atoms with Crippen LogP contribution in [0.5, 0.6) is 0 Å². The summed E-state index contributed by atoms with van der Waals surface area (Å²) in [5.41, 5.74) is 1.06. The fourth-order valence-corrected chi connectivity index (χ4v) is 2.32. The molecule has 2 aromatic rings. The molecule has 1 atom stereocenters. The van der Waals surface area contributed by atoms with E-state index in [1.54, 1.807) is 24.3 Å². The molecule has 0 bridgehead atoms. The van der Waals surface area contributed by atoms with Gasteiger partial charge in [0.1, 0.15) is 11.7 Å². The highest BCUT2D eigenvalue weighted by Crippen LogP contribution is 2.20. The van der Waals surface area contributed by atoms with Gasteiger partial charge in [0.25, 0.3) is 5.91 Å². The minimum absolute atomic E-state index is 0.174. The standard InChI is InChI=1S/C15H17ClN2O3/c1-8(2)5-13(15(20)21)18-14(19)12-6-9-3-4-10(16)7-11(9)17-12/h3-4,6-8,13,17H,5H2,1-2H3,(H,18,19)(H,20,21)/t13-/m0/s1. The number of benzene rings is 1. The number of hydrogen-bond donors (Lipinski definition) is 3. The van der Waals surface area contributed by atoms with Crippen LogP contribution in [0.2, 0.25) is 5.02 Å². The Hall–Kier alpha value is -2.01. The molecular formula is C15H17ClN2O3. The molecule has 112 valence electrons. The Balaban J connectivity index is 2.19. The highest BCUT2D eigenvalue weighted by Gasteiger charge is 2.22. The van der Waals surface area contributed by atoms with Gasteiger partial charge in [0.2, 0.25) is 0 Å². The van der Waals surface area contributed by atoms with Crippen molar-refractivity contribution >= 4 is 34.4 Å². The zero-order valence-electron chi connectivity index (χ0n) is 11.8. The van der Waals surface area contributed by atoms with Crippen molar-refractivity contribution in [2.24, 2.45) is 5.92 Å². The number of aromatic nitrogens is 1. The highest BCUT2D eigenvalue weighted by atomic mass is 35.5. The second-order valence-electron chi connectivity index (χ2n) is 5.41. The number of rotatable bonds is 5. The molecule has 0 aliphatic heterocycles. The van der Waals surface area contributed by atoms with Gasteiger partial charge in [-0.3, -0.25) is 4.79 Å². The molecule has 21 heavy (non-hydrogen) atoms. The number of H-pyrrole nitrogens is 1. The number of carboxylic acid groups (broad SMARTS) is 1. The molecule has 0 unspecified atom stereocenters. The van der Waals surface area contributed by atoms with E-state index in [1.807, 2.05) is 13.8 Å². The van der Waals surface area contributed by atoms with Crippen molar-refractivity contribution < 1.29 is 14.7 Å². The summed E-state index contributed by atoms with van der Waals surface area (Å²) in [7, 11) is 0. The first kappa shape index (κ1) is 15.4. The van der Waals surface area contributed by atoms with Crippen LogP contribution >= 0.6 is 11.6 Å². The Morgan fingerprint density at radius 1 is 1.33 bits per heavy atom. The number of hydrogen-bond acceptors (Lipinski definition) is 2. The monoisotopic (exact) mass is 308 g/mol. The van der Waals surface area contributed by atoms with E-state index in [0.29, 0.717) is 17.1 Å². The number of aliphatic carboxylic acids is 1. The number of carbonyl (C=O) groups excluding carboxylic acids is 1. The van der Waals surface area contributed by atoms with Gasteiger partial charge in [-0.1, -0.05) is 31.5 Å². The van der Waals surface area contributed by atoms with Crippen LogP contribution in [0.1, 0.15) is 30.8 Å². The average Bonchev–Trinajstić information content (AvgIpc) is 2.80. The fourth-order valence-electron chi connectivity index (χ4n) is 2.15. The predicted octanol–water partition coefficient (Wildman–Crippen LogP) is 3.05. The molecule has 2 rings (SSSR count). The molecule has 0 fully saturated rings. The van der Waals surface area contributed by atoms with Crippen molar-refractivity contribution in [3.05, 3.63) is 35.0 Å². The van der Waals surface area contributed by atoms with Crippen LogP contribution in [0.15, 0.2) is 24.3 Å². The maximum atomic E-state index is 12.2. The molecule has 0 saturated heterocycles. The highest BCUT2D eigenvalue weighted by molar-refractivity contribution is 6.31. The van der Waals surface area contributed by atoms with Gasteiger partial charge in [-0.25, -0.2) is 4.79 Å². The van der Waals surface area contributed by atoms with Crippen LogP contribution < -0.4 is 5.32 Å². The van der Waals surface area contributed by atoms with Crippen LogP contribution in [-0.4, -0.2) is 28.0 Å². The lowest BCUT2D eigenvalue weighted by atomic mass is 10.0. The zero-order valence-corrected chi connectivity index (χ0v) is 12.6. The van der Waals surface area contributed by atoms with E-state index in [1.165, 1.54) is 0 Å². The maximum Gasteiger partial charge on any atom is 0.326 e. The van der Waals surface area contributed by atoms with E-state index in [0.717, 1.165) is 10.9 Å². The number of carbonyl (C=O) groups is 2. The minimum atomic E-state index is -1.03. The van der Waals surface area contributed by atoms with Gasteiger partial charge in [0.15, 0.2) is 0 Å². The lowest BCUT2D eigenvalue weighted by Crippen LogP contribution is -2.41. The molecule has 1 aromatic heterocycles. The Morgan fingerprint density at radius 3 is 2.67 bits per heavy atom. The predicted molar refractivity (Wildman–Crippen MR) is 81.7 cm³/mol. The van der Waals surface area contributed by atoms with Crippen molar-refractivity contribution in [3.8, 4) is 0 Å². The number of aromatic amines is 1. The number of fused-ring (bicyclic) bond motifs is 1. The molecule has 3 N–H and O–H groups in total. The molecule has 1 heterocycles. The summed E-state index contributed by atoms with van der Waals surface area (Å²) in [5.74, 6) is -1.29. The van der Waals surface area contributed by atoms with Crippen molar-refractivity contribution in [2.45, 2.75) is 26.3 Å². The average molecular weight is 309 g/mol. The zero-order chi connectivity index (χ0) is 15.6. The number of halogens is 1. The van der Waals surface area contributed by atoms with E-state index < -0.39 is 17.9 Å². The molecule has 1 aromatic carbocycles. The summed E-state index contributed by atoms with van der Waals surface area (Å²) >= 11 is 5.89. The first-order chi connectivity index (χ1) is 9.86. The van der Waals surface area contributed by atoms with E-state index >= 15 is 0 Å². The Morgan fingerprint density at radius 2 is 2.05 bits per heavy atom. The first-order valence-corrected chi connectivity index (χ1v) is 7.06. The molecule has 5 nitrogen and oxygen atoms in total. The summed E-state index contributed by atoms with van der Waals surface area (Å²) in [6, 6.07) is 6.03. The van der Waals surface area contributed by atoms with Crippen LogP contribution in [0.3, 0.4) is 0 Å². The molecule has 6 heteroatoms. The lowest BCUT2D eigenvalue weighted by molar-refractivity contribution is -0.139. The van der Waals surface area contributed by atoms with Crippen LogP contribution in [0, 0.1) is 5.92 Å². The number of nitrogens with one attached hydrogen (secondary N) is 2. The van der Waals surface area contributed by atoms with Gasteiger partial charge in [-0.15, -0.1) is 0 Å². The third-order valence-corrected chi connectivity index (χ3v) is 3.37. The molecular weight excluding hydrogens is 292 g/mol. The van der Waals surface area contributed by atoms with Crippen molar-refractivity contribution in [2.75, 3.05) is 0 Å². The SMILES string of the molecule is CC(C)C[C@H](NC(=O)c1cc2ccc(Cl)cc2[nH]1)C(=O)O. The molecule has 0 aliphatic rings. The van der Waals surface area contributed by atoms with E-state index in [2.05, 4.69) is 10.3 Å².